The average Bonchev–Trinajstić information content (AvgIpc) is 2.98. The van der Waals surface area contributed by atoms with Crippen LogP contribution in [-0.4, -0.2) is 6.54 Å². The molecule has 1 unspecified atom stereocenters. The first kappa shape index (κ1) is 12.0. The van der Waals surface area contributed by atoms with Crippen molar-refractivity contribution < 1.29 is 8.83 Å². The van der Waals surface area contributed by atoms with E-state index in [1.165, 1.54) is 5.56 Å². The van der Waals surface area contributed by atoms with Gasteiger partial charge in [0.15, 0.2) is 0 Å². The maximum Gasteiger partial charge on any atom is 0.108 e. The third-order valence-corrected chi connectivity index (χ3v) is 2.91. The van der Waals surface area contributed by atoms with Gasteiger partial charge in [-0.05, 0) is 24.7 Å². The van der Waals surface area contributed by atoms with Crippen LogP contribution in [-0.2, 0) is 12.8 Å². The van der Waals surface area contributed by atoms with Gasteiger partial charge in [0, 0.05) is 24.4 Å². The van der Waals surface area contributed by atoms with Crippen LogP contribution < -0.4 is 5.32 Å². The summed E-state index contributed by atoms with van der Waals surface area (Å²) in [6, 6.07) is 6.25. The van der Waals surface area contributed by atoms with Crippen LogP contribution in [0.4, 0.5) is 0 Å². The van der Waals surface area contributed by atoms with Crippen LogP contribution in [0.2, 0.25) is 0 Å². The minimum absolute atomic E-state index is 0.264. The molecule has 0 bridgehead atoms. The SMILES string of the molecule is CCNC(Cc1ccco1)c1ccoc1CC. The van der Waals surface area contributed by atoms with Crippen LogP contribution in [0.15, 0.2) is 39.6 Å². The molecular weight excluding hydrogens is 214 g/mol. The lowest BCUT2D eigenvalue weighted by Gasteiger charge is -2.16. The number of nitrogens with one attached hydrogen (secondary N) is 1. The van der Waals surface area contributed by atoms with Crippen molar-refractivity contribution in [3.8, 4) is 0 Å². The molecule has 1 N–H and O–H groups in total. The lowest BCUT2D eigenvalue weighted by Crippen LogP contribution is -2.23. The van der Waals surface area contributed by atoms with Crippen molar-refractivity contribution in [2.24, 2.45) is 0 Å². The van der Waals surface area contributed by atoms with Crippen LogP contribution in [0.1, 0.15) is 37.0 Å². The van der Waals surface area contributed by atoms with Gasteiger partial charge in [0.25, 0.3) is 0 Å². The first-order chi connectivity index (χ1) is 8.35. The van der Waals surface area contributed by atoms with Crippen molar-refractivity contribution in [3.63, 3.8) is 0 Å². The number of rotatable bonds is 6. The van der Waals surface area contributed by atoms with Gasteiger partial charge in [-0.3, -0.25) is 0 Å². The van der Waals surface area contributed by atoms with E-state index in [4.69, 9.17) is 8.83 Å². The first-order valence-electron chi connectivity index (χ1n) is 6.17. The second kappa shape index (κ2) is 5.73. The highest BCUT2D eigenvalue weighted by Crippen LogP contribution is 2.23. The van der Waals surface area contributed by atoms with Gasteiger partial charge in [-0.15, -0.1) is 0 Å². The highest BCUT2D eigenvalue weighted by Gasteiger charge is 2.17. The summed E-state index contributed by atoms with van der Waals surface area (Å²) in [6.45, 7) is 5.15. The van der Waals surface area contributed by atoms with Crippen molar-refractivity contribution >= 4 is 0 Å². The normalized spacial score (nSPS) is 12.8. The number of hydrogen-bond acceptors (Lipinski definition) is 3. The summed E-state index contributed by atoms with van der Waals surface area (Å²) in [7, 11) is 0. The fourth-order valence-corrected chi connectivity index (χ4v) is 2.12. The lowest BCUT2D eigenvalue weighted by atomic mass is 10.0. The van der Waals surface area contributed by atoms with E-state index < -0.39 is 0 Å². The maximum atomic E-state index is 5.49. The Kier molecular flexibility index (Phi) is 4.04. The number of hydrogen-bond donors (Lipinski definition) is 1. The van der Waals surface area contributed by atoms with E-state index in [2.05, 4.69) is 25.2 Å². The van der Waals surface area contributed by atoms with Gasteiger partial charge >= 0.3 is 0 Å². The van der Waals surface area contributed by atoms with Crippen molar-refractivity contribution in [2.75, 3.05) is 6.54 Å². The zero-order valence-electron chi connectivity index (χ0n) is 10.4. The molecule has 0 aromatic carbocycles. The molecule has 2 rings (SSSR count). The Morgan fingerprint density at radius 2 is 2.06 bits per heavy atom. The van der Waals surface area contributed by atoms with Gasteiger partial charge in [-0.1, -0.05) is 13.8 Å². The maximum absolute atomic E-state index is 5.49. The van der Waals surface area contributed by atoms with Crippen molar-refractivity contribution in [1.82, 2.24) is 5.32 Å². The van der Waals surface area contributed by atoms with E-state index in [1.807, 2.05) is 12.1 Å². The van der Waals surface area contributed by atoms with Crippen LogP contribution in [0.25, 0.3) is 0 Å². The van der Waals surface area contributed by atoms with Crippen LogP contribution in [0, 0.1) is 0 Å². The standard InChI is InChI=1S/C14H19NO2/c1-3-14-12(7-9-17-14)13(15-4-2)10-11-6-5-8-16-11/h5-9,13,15H,3-4,10H2,1-2H3. The van der Waals surface area contributed by atoms with Crippen LogP contribution >= 0.6 is 0 Å². The van der Waals surface area contributed by atoms with E-state index in [-0.39, 0.29) is 6.04 Å². The molecule has 2 aromatic rings. The Bertz CT molecular complexity index is 431. The van der Waals surface area contributed by atoms with E-state index >= 15 is 0 Å². The minimum atomic E-state index is 0.264. The third-order valence-electron chi connectivity index (χ3n) is 2.91. The van der Waals surface area contributed by atoms with Crippen LogP contribution in [0.3, 0.4) is 0 Å². The molecule has 1 atom stereocenters. The largest absolute Gasteiger partial charge is 0.469 e. The van der Waals surface area contributed by atoms with Gasteiger partial charge in [-0.25, -0.2) is 0 Å². The number of aryl methyl sites for hydroxylation is 1. The van der Waals surface area contributed by atoms with Gasteiger partial charge in [0.2, 0.25) is 0 Å². The fourth-order valence-electron chi connectivity index (χ4n) is 2.12. The highest BCUT2D eigenvalue weighted by atomic mass is 16.3. The lowest BCUT2D eigenvalue weighted by molar-refractivity contribution is 0.444. The molecule has 2 heterocycles. The van der Waals surface area contributed by atoms with Gasteiger partial charge in [0.1, 0.15) is 11.5 Å². The zero-order chi connectivity index (χ0) is 12.1. The Morgan fingerprint density at radius 1 is 1.18 bits per heavy atom. The summed E-state index contributed by atoms with van der Waals surface area (Å²) in [4.78, 5) is 0. The second-order valence-electron chi connectivity index (χ2n) is 4.05. The summed E-state index contributed by atoms with van der Waals surface area (Å²) in [5, 5.41) is 3.48. The molecule has 2 aromatic heterocycles. The molecular formula is C14H19NO2. The highest BCUT2D eigenvalue weighted by molar-refractivity contribution is 5.23. The summed E-state index contributed by atoms with van der Waals surface area (Å²) in [5.41, 5.74) is 1.24. The Balaban J connectivity index is 2.16. The monoisotopic (exact) mass is 233 g/mol. The summed E-state index contributed by atoms with van der Waals surface area (Å²) < 4.78 is 10.9. The quantitative estimate of drug-likeness (QED) is 0.831. The molecule has 0 saturated heterocycles. The molecule has 0 amide bonds. The molecule has 3 nitrogen and oxygen atoms in total. The first-order valence-corrected chi connectivity index (χ1v) is 6.17. The fraction of sp³-hybridized carbons (Fsp3) is 0.429. The average molecular weight is 233 g/mol. The predicted octanol–water partition coefficient (Wildman–Crippen LogP) is 3.33. The number of furan rings is 2. The van der Waals surface area contributed by atoms with Crippen molar-refractivity contribution in [3.05, 3.63) is 47.8 Å². The van der Waals surface area contributed by atoms with Gasteiger partial charge in [-0.2, -0.15) is 0 Å². The molecule has 3 heteroatoms. The second-order valence-corrected chi connectivity index (χ2v) is 4.05. The predicted molar refractivity (Wildman–Crippen MR) is 66.9 cm³/mol. The van der Waals surface area contributed by atoms with E-state index in [0.717, 1.165) is 30.9 Å². The topological polar surface area (TPSA) is 38.3 Å². The van der Waals surface area contributed by atoms with Crippen molar-refractivity contribution in [2.45, 2.75) is 32.7 Å². The zero-order valence-corrected chi connectivity index (χ0v) is 10.4. The molecule has 0 aliphatic carbocycles. The molecule has 0 aliphatic heterocycles. The Hall–Kier alpha value is -1.48. The Morgan fingerprint density at radius 3 is 2.71 bits per heavy atom. The molecule has 0 saturated carbocycles. The van der Waals surface area contributed by atoms with E-state index in [1.54, 1.807) is 12.5 Å². The summed E-state index contributed by atoms with van der Waals surface area (Å²) >= 11 is 0. The smallest absolute Gasteiger partial charge is 0.108 e. The molecule has 0 aliphatic rings. The van der Waals surface area contributed by atoms with Gasteiger partial charge < -0.3 is 14.2 Å². The molecule has 0 fully saturated rings. The molecule has 0 radical (unpaired) electrons. The summed E-state index contributed by atoms with van der Waals surface area (Å²) in [5.74, 6) is 2.06. The van der Waals surface area contributed by atoms with Gasteiger partial charge in [0.05, 0.1) is 12.5 Å². The minimum Gasteiger partial charge on any atom is -0.469 e. The van der Waals surface area contributed by atoms with E-state index in [0.29, 0.717) is 0 Å². The van der Waals surface area contributed by atoms with Crippen LogP contribution in [0.5, 0.6) is 0 Å². The molecule has 92 valence electrons. The third kappa shape index (κ3) is 2.80. The summed E-state index contributed by atoms with van der Waals surface area (Å²) in [6.07, 6.45) is 5.25. The Labute approximate surface area is 102 Å². The molecule has 0 spiro atoms. The van der Waals surface area contributed by atoms with Crippen molar-refractivity contribution in [1.29, 1.82) is 0 Å². The van der Waals surface area contributed by atoms with E-state index in [9.17, 15) is 0 Å². The number of likely N-dealkylation sites (N-methyl/N-ethyl adjacent to an activating group) is 1. The molecule has 17 heavy (non-hydrogen) atoms.